The summed E-state index contributed by atoms with van der Waals surface area (Å²) in [6, 6.07) is 11.8. The maximum Gasteiger partial charge on any atom is 0.332 e. The summed E-state index contributed by atoms with van der Waals surface area (Å²) in [6.45, 7) is 6.24. The van der Waals surface area contributed by atoms with Gasteiger partial charge in [-0.2, -0.15) is 4.99 Å². The van der Waals surface area contributed by atoms with Gasteiger partial charge in [0.15, 0.2) is 17.4 Å². The van der Waals surface area contributed by atoms with Crippen LogP contribution in [0.2, 0.25) is 0 Å². The second-order valence-electron chi connectivity index (χ2n) is 11.6. The lowest BCUT2D eigenvalue weighted by molar-refractivity contribution is -0.123. The predicted octanol–water partition coefficient (Wildman–Crippen LogP) is 2.29. The van der Waals surface area contributed by atoms with Crippen LogP contribution in [0.3, 0.4) is 0 Å². The quantitative estimate of drug-likeness (QED) is 0.0523. The van der Waals surface area contributed by atoms with Crippen molar-refractivity contribution < 1.29 is 19.1 Å². The van der Waals surface area contributed by atoms with E-state index in [4.69, 9.17) is 34.9 Å². The Bertz CT molecular complexity index is 2120. The zero-order valence-corrected chi connectivity index (χ0v) is 30.5. The van der Waals surface area contributed by atoms with Gasteiger partial charge in [0, 0.05) is 50.9 Å². The molecule has 2 aromatic heterocycles. The number of fused-ring (bicyclic) bond motifs is 1. The van der Waals surface area contributed by atoms with E-state index in [9.17, 15) is 24.0 Å². The molecule has 0 aliphatic carbocycles. The van der Waals surface area contributed by atoms with Crippen molar-refractivity contribution >= 4 is 75.0 Å². The molecule has 0 radical (unpaired) electrons. The summed E-state index contributed by atoms with van der Waals surface area (Å²) >= 11 is 10.1. The fourth-order valence-corrected chi connectivity index (χ4v) is 5.59. The number of carbonyl (C=O) groups excluding carboxylic acids is 3. The van der Waals surface area contributed by atoms with Crippen molar-refractivity contribution in [2.24, 2.45) is 10.7 Å². The molecule has 2 aromatic carbocycles. The maximum absolute atomic E-state index is 13.0. The van der Waals surface area contributed by atoms with E-state index in [1.165, 1.54) is 16.1 Å². The van der Waals surface area contributed by atoms with Crippen LogP contribution in [0, 0.1) is 0 Å². The van der Waals surface area contributed by atoms with Gasteiger partial charge in [-0.1, -0.05) is 13.8 Å². The third kappa shape index (κ3) is 10.2. The number of nitrogens with one attached hydrogen (secondary N) is 5. The molecule has 2 heterocycles. The molecule has 3 amide bonds. The molecule has 1 atom stereocenters. The highest BCUT2D eigenvalue weighted by atomic mass is 32.1. The van der Waals surface area contributed by atoms with E-state index in [1.54, 1.807) is 42.5 Å². The maximum atomic E-state index is 13.0. The van der Waals surface area contributed by atoms with Gasteiger partial charge in [-0.25, -0.2) is 9.78 Å². The number of H-pyrrole nitrogens is 1. The number of aliphatic imine (C=N–C) groups is 1. The minimum absolute atomic E-state index is 0.00242. The summed E-state index contributed by atoms with van der Waals surface area (Å²) in [4.78, 5) is 73.6. The fraction of sp³-hybridized carbons (Fsp3) is 0.353. The van der Waals surface area contributed by atoms with Crippen molar-refractivity contribution in [3.8, 4) is 17.1 Å². The predicted molar refractivity (Wildman–Crippen MR) is 205 cm³/mol. The highest BCUT2D eigenvalue weighted by Gasteiger charge is 2.20. The molecule has 0 fully saturated rings. The Morgan fingerprint density at radius 2 is 1.71 bits per heavy atom. The molecule has 0 saturated carbocycles. The summed E-state index contributed by atoms with van der Waals surface area (Å²) in [5.74, 6) is -1.24. The van der Waals surface area contributed by atoms with E-state index in [0.717, 1.165) is 0 Å². The Labute approximate surface area is 309 Å². The summed E-state index contributed by atoms with van der Waals surface area (Å²) in [7, 11) is 0. The first-order valence-electron chi connectivity index (χ1n) is 16.5. The number of carbonyl (C=O) groups is 3. The normalized spacial score (nSPS) is 11.3. The molecule has 16 nitrogen and oxygen atoms in total. The molecule has 7 N–H and O–H groups in total. The Morgan fingerprint density at radius 3 is 2.37 bits per heavy atom. The Balaban J connectivity index is 1.29. The molecular formula is C34H40N10O6S2. The van der Waals surface area contributed by atoms with E-state index >= 15 is 0 Å². The molecular weight excluding hydrogens is 709 g/mol. The number of imidazole rings is 1. The van der Waals surface area contributed by atoms with E-state index in [-0.39, 0.29) is 54.4 Å². The van der Waals surface area contributed by atoms with Crippen LogP contribution in [0.4, 0.5) is 11.4 Å². The Hall–Kier alpha value is -5.71. The summed E-state index contributed by atoms with van der Waals surface area (Å²) in [5, 5.41) is 13.8. The van der Waals surface area contributed by atoms with Gasteiger partial charge in [0.05, 0.1) is 16.8 Å². The Morgan fingerprint density at radius 1 is 1.02 bits per heavy atom. The fourth-order valence-electron chi connectivity index (χ4n) is 5.27. The molecule has 0 aliphatic heterocycles. The van der Waals surface area contributed by atoms with Gasteiger partial charge in [0.25, 0.3) is 11.5 Å². The van der Waals surface area contributed by atoms with Crippen LogP contribution >= 0.6 is 24.4 Å². The van der Waals surface area contributed by atoms with Crippen molar-refractivity contribution in [3.05, 3.63) is 68.9 Å². The highest BCUT2D eigenvalue weighted by molar-refractivity contribution is 7.80. The number of rotatable bonds is 17. The second kappa shape index (κ2) is 18.5. The van der Waals surface area contributed by atoms with E-state index < -0.39 is 17.4 Å². The molecule has 1 unspecified atom stereocenters. The van der Waals surface area contributed by atoms with Gasteiger partial charge in [-0.3, -0.25) is 28.3 Å². The van der Waals surface area contributed by atoms with Crippen LogP contribution in [0.25, 0.3) is 22.6 Å². The second-order valence-corrected chi connectivity index (χ2v) is 12.2. The van der Waals surface area contributed by atoms with Crippen LogP contribution in [-0.4, -0.2) is 73.3 Å². The SMILES string of the molecule is CCCn1c(=O)c2[nH]c(-c3ccc(OCC(=O)NCCNC(=S)Nc4cc(N=C=S)cc(C(CNC(C)=O)C(N)=O)c4)cc3)nc2n(CCC)c1=O. The number of ether oxygens (including phenoxy) is 1. The molecule has 0 spiro atoms. The van der Waals surface area contributed by atoms with Crippen molar-refractivity contribution in [3.63, 3.8) is 0 Å². The van der Waals surface area contributed by atoms with Crippen LogP contribution in [0.1, 0.15) is 45.1 Å². The van der Waals surface area contributed by atoms with E-state index in [2.05, 4.69) is 41.4 Å². The lowest BCUT2D eigenvalue weighted by Crippen LogP contribution is -2.40. The largest absolute Gasteiger partial charge is 0.484 e. The van der Waals surface area contributed by atoms with Gasteiger partial charge in [0.1, 0.15) is 17.1 Å². The first-order valence-corrected chi connectivity index (χ1v) is 17.3. The number of isothiocyanates is 1. The van der Waals surface area contributed by atoms with Crippen LogP contribution < -0.4 is 43.0 Å². The highest BCUT2D eigenvalue weighted by Crippen LogP contribution is 2.27. The lowest BCUT2D eigenvalue weighted by Gasteiger charge is -2.17. The molecule has 274 valence electrons. The minimum atomic E-state index is -0.822. The number of nitrogens with zero attached hydrogens (tertiary/aromatic N) is 4. The summed E-state index contributed by atoms with van der Waals surface area (Å²) in [5.41, 5.74) is 7.45. The summed E-state index contributed by atoms with van der Waals surface area (Å²) < 4.78 is 8.39. The van der Waals surface area contributed by atoms with Crippen LogP contribution in [-0.2, 0) is 27.5 Å². The third-order valence-electron chi connectivity index (χ3n) is 7.66. The van der Waals surface area contributed by atoms with Crippen LogP contribution in [0.15, 0.2) is 57.0 Å². The number of amides is 3. The number of hydrogen-bond donors (Lipinski definition) is 6. The molecule has 0 aliphatic rings. The van der Waals surface area contributed by atoms with Crippen molar-refractivity contribution in [2.75, 3.05) is 31.6 Å². The van der Waals surface area contributed by atoms with E-state index in [0.29, 0.717) is 65.7 Å². The molecule has 0 bridgehead atoms. The molecule has 4 aromatic rings. The number of nitrogens with two attached hydrogens (primary N) is 1. The lowest BCUT2D eigenvalue weighted by atomic mass is 9.97. The number of benzene rings is 2. The average molecular weight is 749 g/mol. The molecule has 0 saturated heterocycles. The van der Waals surface area contributed by atoms with Gasteiger partial charge >= 0.3 is 5.69 Å². The third-order valence-corrected chi connectivity index (χ3v) is 8.00. The van der Waals surface area contributed by atoms with Gasteiger partial charge in [-0.05, 0) is 85.3 Å². The first-order chi connectivity index (χ1) is 24.9. The number of aromatic amines is 1. The number of primary amides is 1. The number of thiocarbonyl (C=S) groups is 2. The minimum Gasteiger partial charge on any atom is -0.484 e. The van der Waals surface area contributed by atoms with E-state index in [1.807, 2.05) is 13.8 Å². The van der Waals surface area contributed by atoms with Crippen LogP contribution in [0.5, 0.6) is 5.75 Å². The smallest absolute Gasteiger partial charge is 0.332 e. The van der Waals surface area contributed by atoms with Crippen molar-refractivity contribution in [1.82, 2.24) is 35.1 Å². The standard InChI is InChI=1S/C34H40N10O6S2/c1-4-12-43-31-28(32(48)44(13-5-2)34(43)49)41-30(42-31)21-6-8-25(9-7-21)50-18-27(46)36-10-11-37-33(52)40-24-15-22(14-23(16-24)39-19-51)26(29(35)47)17-38-20(3)45/h6-9,14-16,26H,4-5,10-13,17-18H2,1-3H3,(H2,35,47)(H,36,46)(H,38,45)(H,41,42)(H2,37,40,52). The first kappa shape index (κ1) is 39.1. The van der Waals surface area contributed by atoms with Gasteiger partial charge in [0.2, 0.25) is 11.8 Å². The summed E-state index contributed by atoms with van der Waals surface area (Å²) in [6.07, 6.45) is 1.35. The number of anilines is 1. The van der Waals surface area contributed by atoms with Gasteiger partial charge < -0.3 is 36.7 Å². The molecule has 52 heavy (non-hydrogen) atoms. The monoisotopic (exact) mass is 748 g/mol. The zero-order chi connectivity index (χ0) is 37.8. The number of aryl methyl sites for hydroxylation is 1. The topological polar surface area (TPSA) is 220 Å². The van der Waals surface area contributed by atoms with Crippen molar-refractivity contribution in [2.45, 2.75) is 52.6 Å². The number of aromatic nitrogens is 4. The van der Waals surface area contributed by atoms with Crippen molar-refractivity contribution in [1.29, 1.82) is 0 Å². The Kier molecular flexibility index (Phi) is 13.9. The number of hydrogen-bond acceptors (Lipinski definition) is 10. The average Bonchev–Trinajstić information content (AvgIpc) is 3.55. The van der Waals surface area contributed by atoms with Gasteiger partial charge in [-0.15, -0.1) is 0 Å². The molecule has 4 rings (SSSR count). The molecule has 18 heteroatoms. The zero-order valence-electron chi connectivity index (χ0n) is 28.9.